The summed E-state index contributed by atoms with van der Waals surface area (Å²) in [4.78, 5) is 10.7. The molecule has 2 heterocycles. The molecule has 0 bridgehead atoms. The molecule has 0 spiro atoms. The van der Waals surface area contributed by atoms with Gasteiger partial charge >= 0.3 is 0 Å². The predicted octanol–water partition coefficient (Wildman–Crippen LogP) is 2.56. The van der Waals surface area contributed by atoms with Gasteiger partial charge in [0.15, 0.2) is 0 Å². The maximum absolute atomic E-state index is 9.71. The largest absolute Gasteiger partial charge is 0.387 e. The van der Waals surface area contributed by atoms with Crippen LogP contribution in [0.1, 0.15) is 30.8 Å². The summed E-state index contributed by atoms with van der Waals surface area (Å²) < 4.78 is 0. The van der Waals surface area contributed by atoms with Crippen molar-refractivity contribution in [1.82, 2.24) is 9.97 Å². The fourth-order valence-electron chi connectivity index (χ4n) is 1.86. The van der Waals surface area contributed by atoms with Crippen molar-refractivity contribution >= 4 is 5.69 Å². The van der Waals surface area contributed by atoms with Crippen molar-refractivity contribution < 1.29 is 5.11 Å². The molecular formula is C15H19N3O. The number of aliphatic hydroxyl groups is 1. The average Bonchev–Trinajstić information content (AvgIpc) is 2.47. The predicted molar refractivity (Wildman–Crippen MR) is 75.8 cm³/mol. The van der Waals surface area contributed by atoms with Crippen molar-refractivity contribution in [1.29, 1.82) is 0 Å². The summed E-state index contributed by atoms with van der Waals surface area (Å²) in [6.07, 6.45) is 3.78. The van der Waals surface area contributed by atoms with Crippen LogP contribution in [0.15, 0.2) is 42.7 Å². The van der Waals surface area contributed by atoms with E-state index in [1.807, 2.05) is 44.3 Å². The molecule has 0 radical (unpaired) electrons. The standard InChI is InChI=1S/C15H19N3O/c1-3-15(19)14-8-7-13(10-17-14)18(2)11-12-6-4-5-9-16-12/h4-10,15,19H,3,11H2,1-2H3/t15-/m0/s1. The fraction of sp³-hybridized carbons (Fsp3) is 0.333. The lowest BCUT2D eigenvalue weighted by Gasteiger charge is -2.19. The van der Waals surface area contributed by atoms with Crippen LogP contribution in [-0.2, 0) is 6.54 Å². The first-order chi connectivity index (χ1) is 9.20. The number of anilines is 1. The van der Waals surface area contributed by atoms with Crippen LogP contribution in [0, 0.1) is 0 Å². The Morgan fingerprint density at radius 2 is 2.05 bits per heavy atom. The maximum Gasteiger partial charge on any atom is 0.0957 e. The summed E-state index contributed by atoms with van der Waals surface area (Å²) in [7, 11) is 2.00. The van der Waals surface area contributed by atoms with E-state index in [0.717, 1.165) is 23.6 Å². The van der Waals surface area contributed by atoms with E-state index in [1.54, 1.807) is 12.4 Å². The van der Waals surface area contributed by atoms with Crippen LogP contribution < -0.4 is 4.90 Å². The number of aromatic nitrogens is 2. The molecule has 1 atom stereocenters. The summed E-state index contributed by atoms with van der Waals surface area (Å²) in [5.41, 5.74) is 2.75. The normalized spacial score (nSPS) is 12.2. The third kappa shape index (κ3) is 3.51. The van der Waals surface area contributed by atoms with Gasteiger partial charge in [-0.05, 0) is 30.7 Å². The minimum absolute atomic E-state index is 0.477. The first kappa shape index (κ1) is 13.5. The SMILES string of the molecule is CC[C@H](O)c1ccc(N(C)Cc2ccccn2)cn1. The number of hydrogen-bond acceptors (Lipinski definition) is 4. The van der Waals surface area contributed by atoms with Gasteiger partial charge in [0.25, 0.3) is 0 Å². The lowest BCUT2D eigenvalue weighted by molar-refractivity contribution is 0.169. The van der Waals surface area contributed by atoms with Gasteiger partial charge in [-0.3, -0.25) is 9.97 Å². The van der Waals surface area contributed by atoms with Crippen molar-refractivity contribution in [3.8, 4) is 0 Å². The zero-order valence-electron chi connectivity index (χ0n) is 11.3. The molecule has 0 saturated heterocycles. The van der Waals surface area contributed by atoms with Crippen LogP contribution >= 0.6 is 0 Å². The molecule has 0 aromatic carbocycles. The van der Waals surface area contributed by atoms with Gasteiger partial charge < -0.3 is 10.0 Å². The van der Waals surface area contributed by atoms with Crippen molar-refractivity contribution in [2.45, 2.75) is 26.0 Å². The van der Waals surface area contributed by atoms with Crippen molar-refractivity contribution in [2.75, 3.05) is 11.9 Å². The molecule has 1 N–H and O–H groups in total. The topological polar surface area (TPSA) is 49.2 Å². The molecule has 0 saturated carbocycles. The molecule has 0 unspecified atom stereocenters. The highest BCUT2D eigenvalue weighted by molar-refractivity contribution is 5.44. The number of aliphatic hydroxyl groups excluding tert-OH is 1. The van der Waals surface area contributed by atoms with Crippen LogP contribution in [0.5, 0.6) is 0 Å². The van der Waals surface area contributed by atoms with Crippen LogP contribution in [0.4, 0.5) is 5.69 Å². The second-order valence-electron chi connectivity index (χ2n) is 4.54. The highest BCUT2D eigenvalue weighted by Gasteiger charge is 2.08. The van der Waals surface area contributed by atoms with E-state index in [0.29, 0.717) is 6.42 Å². The molecule has 100 valence electrons. The second kappa shape index (κ2) is 6.29. The highest BCUT2D eigenvalue weighted by Crippen LogP contribution is 2.18. The van der Waals surface area contributed by atoms with E-state index in [4.69, 9.17) is 0 Å². The molecule has 19 heavy (non-hydrogen) atoms. The molecular weight excluding hydrogens is 238 g/mol. The Bertz CT molecular complexity index is 499. The lowest BCUT2D eigenvalue weighted by Crippen LogP contribution is -2.17. The molecule has 2 aromatic heterocycles. The van der Waals surface area contributed by atoms with Crippen LogP contribution in [0.25, 0.3) is 0 Å². The molecule has 0 fully saturated rings. The van der Waals surface area contributed by atoms with Gasteiger partial charge in [-0.15, -0.1) is 0 Å². The van der Waals surface area contributed by atoms with Gasteiger partial charge in [-0.25, -0.2) is 0 Å². The zero-order valence-corrected chi connectivity index (χ0v) is 11.3. The Morgan fingerprint density at radius 1 is 1.21 bits per heavy atom. The van der Waals surface area contributed by atoms with Crippen LogP contribution in [0.3, 0.4) is 0 Å². The van der Waals surface area contributed by atoms with E-state index < -0.39 is 6.10 Å². The summed E-state index contributed by atoms with van der Waals surface area (Å²) >= 11 is 0. The molecule has 4 heteroatoms. The quantitative estimate of drug-likeness (QED) is 0.894. The van der Waals surface area contributed by atoms with E-state index in [1.165, 1.54) is 0 Å². The van der Waals surface area contributed by atoms with E-state index in [2.05, 4.69) is 14.9 Å². The fourth-order valence-corrected chi connectivity index (χ4v) is 1.86. The zero-order chi connectivity index (χ0) is 13.7. The van der Waals surface area contributed by atoms with Crippen molar-refractivity contribution in [3.63, 3.8) is 0 Å². The third-order valence-corrected chi connectivity index (χ3v) is 3.06. The number of nitrogens with zero attached hydrogens (tertiary/aromatic N) is 3. The van der Waals surface area contributed by atoms with E-state index >= 15 is 0 Å². The second-order valence-corrected chi connectivity index (χ2v) is 4.54. The third-order valence-electron chi connectivity index (χ3n) is 3.06. The first-order valence-electron chi connectivity index (χ1n) is 6.45. The van der Waals surface area contributed by atoms with Gasteiger partial charge in [0.1, 0.15) is 0 Å². The average molecular weight is 257 g/mol. The lowest BCUT2D eigenvalue weighted by atomic mass is 10.2. The Hall–Kier alpha value is -1.94. The Kier molecular flexibility index (Phi) is 4.47. The van der Waals surface area contributed by atoms with Crippen molar-refractivity contribution in [2.24, 2.45) is 0 Å². The number of rotatable bonds is 5. The van der Waals surface area contributed by atoms with E-state index in [9.17, 15) is 5.11 Å². The molecule has 2 aromatic rings. The first-order valence-corrected chi connectivity index (χ1v) is 6.45. The van der Waals surface area contributed by atoms with Gasteiger partial charge in [0, 0.05) is 13.2 Å². The summed E-state index contributed by atoms with van der Waals surface area (Å²) in [5.74, 6) is 0. The Morgan fingerprint density at radius 3 is 2.63 bits per heavy atom. The minimum atomic E-state index is -0.477. The van der Waals surface area contributed by atoms with Crippen LogP contribution in [-0.4, -0.2) is 22.1 Å². The number of hydrogen-bond donors (Lipinski definition) is 1. The highest BCUT2D eigenvalue weighted by atomic mass is 16.3. The summed E-state index contributed by atoms with van der Waals surface area (Å²) in [5, 5.41) is 9.71. The number of pyridine rings is 2. The Labute approximate surface area is 113 Å². The van der Waals surface area contributed by atoms with Gasteiger partial charge in [-0.1, -0.05) is 13.0 Å². The van der Waals surface area contributed by atoms with Crippen LogP contribution in [0.2, 0.25) is 0 Å². The van der Waals surface area contributed by atoms with E-state index in [-0.39, 0.29) is 0 Å². The monoisotopic (exact) mass is 257 g/mol. The molecule has 0 aliphatic rings. The molecule has 4 nitrogen and oxygen atoms in total. The van der Waals surface area contributed by atoms with Crippen molar-refractivity contribution in [3.05, 3.63) is 54.1 Å². The summed E-state index contributed by atoms with van der Waals surface area (Å²) in [6.45, 7) is 2.67. The smallest absolute Gasteiger partial charge is 0.0957 e. The molecule has 2 rings (SSSR count). The summed E-state index contributed by atoms with van der Waals surface area (Å²) in [6, 6.07) is 9.74. The Balaban J connectivity index is 2.05. The van der Waals surface area contributed by atoms with Gasteiger partial charge in [-0.2, -0.15) is 0 Å². The molecule has 0 aliphatic heterocycles. The van der Waals surface area contributed by atoms with Gasteiger partial charge in [0.2, 0.25) is 0 Å². The van der Waals surface area contributed by atoms with Gasteiger partial charge in [0.05, 0.1) is 35.9 Å². The molecule has 0 amide bonds. The maximum atomic E-state index is 9.71. The minimum Gasteiger partial charge on any atom is -0.387 e. The molecule has 0 aliphatic carbocycles.